The molecule has 0 aromatic carbocycles. The van der Waals surface area contributed by atoms with Crippen molar-refractivity contribution in [2.45, 2.75) is 58.4 Å². The molecule has 5 nitrogen and oxygen atoms in total. The Morgan fingerprint density at radius 2 is 1.79 bits per heavy atom. The van der Waals surface area contributed by atoms with Gasteiger partial charge in [0.15, 0.2) is 0 Å². The lowest BCUT2D eigenvalue weighted by Gasteiger charge is -2.34. The van der Waals surface area contributed by atoms with Crippen LogP contribution in [0.15, 0.2) is 0 Å². The molecule has 19 heavy (non-hydrogen) atoms. The molecular formula is C14H26N2O3. The average molecular weight is 270 g/mol. The standard InChI is InChI=1S/C14H26N2O3/c1-4-16-13(2,3)11(17)15-10-14(12(18)19)8-6-5-7-9-14/h16H,4-10H2,1-3H3,(H,15,17)(H,18,19). The number of carboxylic acid groups (broad SMARTS) is 1. The molecule has 1 fully saturated rings. The summed E-state index contributed by atoms with van der Waals surface area (Å²) in [5, 5.41) is 15.3. The molecule has 0 aliphatic heterocycles. The van der Waals surface area contributed by atoms with Crippen LogP contribution in [-0.2, 0) is 9.59 Å². The van der Waals surface area contributed by atoms with Gasteiger partial charge in [0.25, 0.3) is 0 Å². The number of rotatable bonds is 6. The molecule has 0 aromatic heterocycles. The fraction of sp³-hybridized carbons (Fsp3) is 0.857. The summed E-state index contributed by atoms with van der Waals surface area (Å²) in [5.41, 5.74) is -1.43. The van der Waals surface area contributed by atoms with Crippen LogP contribution >= 0.6 is 0 Å². The first-order valence-corrected chi connectivity index (χ1v) is 7.11. The highest BCUT2D eigenvalue weighted by Crippen LogP contribution is 2.36. The second kappa shape index (κ2) is 6.37. The Hall–Kier alpha value is -1.10. The minimum Gasteiger partial charge on any atom is -0.481 e. The van der Waals surface area contributed by atoms with E-state index in [1.54, 1.807) is 13.8 Å². The maximum absolute atomic E-state index is 12.1. The third-order valence-electron chi connectivity index (χ3n) is 4.04. The minimum absolute atomic E-state index is 0.138. The van der Waals surface area contributed by atoms with Gasteiger partial charge in [-0.1, -0.05) is 26.2 Å². The summed E-state index contributed by atoms with van der Waals surface area (Å²) in [4.78, 5) is 23.6. The molecule has 0 heterocycles. The summed E-state index contributed by atoms with van der Waals surface area (Å²) < 4.78 is 0. The molecule has 0 unspecified atom stereocenters. The Bertz CT molecular complexity index is 334. The molecule has 1 aliphatic carbocycles. The molecule has 0 radical (unpaired) electrons. The van der Waals surface area contributed by atoms with Crippen LogP contribution in [0.4, 0.5) is 0 Å². The first-order valence-electron chi connectivity index (χ1n) is 7.11. The van der Waals surface area contributed by atoms with Gasteiger partial charge < -0.3 is 15.7 Å². The van der Waals surface area contributed by atoms with Crippen LogP contribution < -0.4 is 10.6 Å². The lowest BCUT2D eigenvalue weighted by Crippen LogP contribution is -2.55. The van der Waals surface area contributed by atoms with Crippen molar-refractivity contribution in [1.29, 1.82) is 0 Å². The van der Waals surface area contributed by atoms with Gasteiger partial charge >= 0.3 is 5.97 Å². The molecule has 1 aliphatic rings. The van der Waals surface area contributed by atoms with Crippen LogP contribution in [0.2, 0.25) is 0 Å². The largest absolute Gasteiger partial charge is 0.481 e. The van der Waals surface area contributed by atoms with E-state index >= 15 is 0 Å². The van der Waals surface area contributed by atoms with Crippen molar-refractivity contribution in [3.05, 3.63) is 0 Å². The third kappa shape index (κ3) is 3.93. The SMILES string of the molecule is CCNC(C)(C)C(=O)NCC1(C(=O)O)CCCCC1. The van der Waals surface area contributed by atoms with E-state index in [1.165, 1.54) is 0 Å². The van der Waals surface area contributed by atoms with Crippen LogP contribution in [0.1, 0.15) is 52.9 Å². The Balaban J connectivity index is 2.62. The summed E-state index contributed by atoms with van der Waals surface area (Å²) in [6.45, 7) is 6.48. The first kappa shape index (κ1) is 16.0. The predicted octanol–water partition coefficient (Wildman–Crippen LogP) is 1.53. The molecule has 110 valence electrons. The van der Waals surface area contributed by atoms with Crippen molar-refractivity contribution in [2.75, 3.05) is 13.1 Å². The average Bonchev–Trinajstić information content (AvgIpc) is 2.36. The summed E-state index contributed by atoms with van der Waals surface area (Å²) in [5.74, 6) is -0.922. The lowest BCUT2D eigenvalue weighted by molar-refractivity contribution is -0.151. The molecular weight excluding hydrogens is 244 g/mol. The number of aliphatic carboxylic acids is 1. The maximum Gasteiger partial charge on any atom is 0.311 e. The quantitative estimate of drug-likeness (QED) is 0.684. The van der Waals surface area contributed by atoms with E-state index in [1.807, 2.05) is 6.92 Å². The van der Waals surface area contributed by atoms with Crippen molar-refractivity contribution >= 4 is 11.9 Å². The molecule has 3 N–H and O–H groups in total. The number of carboxylic acids is 1. The fourth-order valence-corrected chi connectivity index (χ4v) is 2.69. The Kier molecular flexibility index (Phi) is 5.35. The number of nitrogens with one attached hydrogen (secondary N) is 2. The molecule has 1 saturated carbocycles. The lowest BCUT2D eigenvalue weighted by atomic mass is 9.74. The van der Waals surface area contributed by atoms with Crippen molar-refractivity contribution in [3.63, 3.8) is 0 Å². The summed E-state index contributed by atoms with van der Waals surface area (Å²) in [6.07, 6.45) is 4.26. The molecule has 5 heteroatoms. The topological polar surface area (TPSA) is 78.4 Å². The number of likely N-dealkylation sites (N-methyl/N-ethyl adjacent to an activating group) is 1. The van der Waals surface area contributed by atoms with Gasteiger partial charge in [-0.15, -0.1) is 0 Å². The normalized spacial score (nSPS) is 18.9. The van der Waals surface area contributed by atoms with E-state index in [4.69, 9.17) is 0 Å². The summed E-state index contributed by atoms with van der Waals surface area (Å²) in [7, 11) is 0. The summed E-state index contributed by atoms with van der Waals surface area (Å²) in [6, 6.07) is 0. The third-order valence-corrected chi connectivity index (χ3v) is 4.04. The Labute approximate surface area is 115 Å². The van der Waals surface area contributed by atoms with Gasteiger partial charge in [0.1, 0.15) is 0 Å². The number of hydrogen-bond acceptors (Lipinski definition) is 3. The second-order valence-corrected chi connectivity index (χ2v) is 5.98. The minimum atomic E-state index is -0.784. The van der Waals surface area contributed by atoms with E-state index in [2.05, 4.69) is 10.6 Å². The van der Waals surface area contributed by atoms with Crippen molar-refractivity contribution in [1.82, 2.24) is 10.6 Å². The molecule has 1 amide bonds. The first-order chi connectivity index (χ1) is 8.84. The number of amides is 1. The molecule has 0 atom stereocenters. The van der Waals surface area contributed by atoms with Crippen molar-refractivity contribution in [3.8, 4) is 0 Å². The van der Waals surface area contributed by atoms with Crippen molar-refractivity contribution in [2.24, 2.45) is 5.41 Å². The highest BCUT2D eigenvalue weighted by molar-refractivity contribution is 5.86. The van der Waals surface area contributed by atoms with Gasteiger partial charge in [-0.2, -0.15) is 0 Å². The number of carbonyl (C=O) groups excluding carboxylic acids is 1. The van der Waals surface area contributed by atoms with E-state index in [0.717, 1.165) is 19.3 Å². The van der Waals surface area contributed by atoms with Gasteiger partial charge in [-0.25, -0.2) is 0 Å². The van der Waals surface area contributed by atoms with E-state index in [-0.39, 0.29) is 12.5 Å². The van der Waals surface area contributed by atoms with Gasteiger partial charge in [0.2, 0.25) is 5.91 Å². The van der Waals surface area contributed by atoms with Crippen molar-refractivity contribution < 1.29 is 14.7 Å². The number of hydrogen-bond donors (Lipinski definition) is 3. The zero-order chi connectivity index (χ0) is 14.5. The fourth-order valence-electron chi connectivity index (χ4n) is 2.69. The predicted molar refractivity (Wildman–Crippen MR) is 73.9 cm³/mol. The monoisotopic (exact) mass is 270 g/mol. The second-order valence-electron chi connectivity index (χ2n) is 5.98. The Morgan fingerprint density at radius 1 is 1.21 bits per heavy atom. The summed E-state index contributed by atoms with van der Waals surface area (Å²) >= 11 is 0. The van der Waals surface area contributed by atoms with Crippen LogP contribution in [-0.4, -0.2) is 35.6 Å². The van der Waals surface area contributed by atoms with E-state index in [0.29, 0.717) is 19.4 Å². The van der Waals surface area contributed by atoms with Crippen LogP contribution in [0.3, 0.4) is 0 Å². The highest BCUT2D eigenvalue weighted by atomic mass is 16.4. The highest BCUT2D eigenvalue weighted by Gasteiger charge is 2.40. The Morgan fingerprint density at radius 3 is 2.26 bits per heavy atom. The van der Waals surface area contributed by atoms with Gasteiger partial charge in [-0.05, 0) is 33.2 Å². The van der Waals surface area contributed by atoms with Gasteiger partial charge in [-0.3, -0.25) is 9.59 Å². The van der Waals surface area contributed by atoms with E-state index < -0.39 is 16.9 Å². The van der Waals surface area contributed by atoms with Gasteiger partial charge in [0.05, 0.1) is 11.0 Å². The van der Waals surface area contributed by atoms with Gasteiger partial charge in [0, 0.05) is 6.54 Å². The maximum atomic E-state index is 12.1. The zero-order valence-electron chi connectivity index (χ0n) is 12.2. The van der Waals surface area contributed by atoms with E-state index in [9.17, 15) is 14.7 Å². The zero-order valence-corrected chi connectivity index (χ0v) is 12.2. The molecule has 0 bridgehead atoms. The van der Waals surface area contributed by atoms with Crippen LogP contribution in [0.25, 0.3) is 0 Å². The number of carbonyl (C=O) groups is 2. The van der Waals surface area contributed by atoms with Crippen LogP contribution in [0, 0.1) is 5.41 Å². The molecule has 1 rings (SSSR count). The molecule has 0 aromatic rings. The molecule has 0 spiro atoms. The van der Waals surface area contributed by atoms with Crippen LogP contribution in [0.5, 0.6) is 0 Å². The smallest absolute Gasteiger partial charge is 0.311 e. The molecule has 0 saturated heterocycles.